The van der Waals surface area contributed by atoms with Crippen molar-refractivity contribution in [1.29, 1.82) is 0 Å². The first kappa shape index (κ1) is 17.1. The molecule has 1 rings (SSSR count). The number of hydrogen-bond donors (Lipinski definition) is 2. The summed E-state index contributed by atoms with van der Waals surface area (Å²) in [7, 11) is 0. The summed E-state index contributed by atoms with van der Waals surface area (Å²) in [4.78, 5) is 12.1. The standard InChI is InChI=1S/C17H26N2O2/c1-4-5-6-7-10-19-17(20)14-8-9-15(18)16(11-14)21-12-13(2)3/h8-9,11H,2,4-7,10,12,18H2,1,3H3,(H,19,20). The quantitative estimate of drug-likeness (QED) is 0.415. The molecule has 1 aromatic rings. The van der Waals surface area contributed by atoms with Gasteiger partial charge >= 0.3 is 0 Å². The number of nitrogens with one attached hydrogen (secondary N) is 1. The van der Waals surface area contributed by atoms with Crippen LogP contribution in [0.15, 0.2) is 30.4 Å². The number of ether oxygens (including phenoxy) is 1. The highest BCUT2D eigenvalue weighted by Gasteiger charge is 2.09. The zero-order chi connectivity index (χ0) is 15.7. The molecule has 0 aliphatic heterocycles. The maximum atomic E-state index is 12.1. The van der Waals surface area contributed by atoms with Crippen LogP contribution in [0.2, 0.25) is 0 Å². The molecular formula is C17H26N2O2. The molecule has 0 fully saturated rings. The molecule has 0 saturated heterocycles. The first-order valence-corrected chi connectivity index (χ1v) is 7.49. The van der Waals surface area contributed by atoms with E-state index in [0.717, 1.165) is 18.4 Å². The Balaban J connectivity index is 2.55. The fourth-order valence-corrected chi connectivity index (χ4v) is 1.86. The summed E-state index contributed by atoms with van der Waals surface area (Å²) in [5.74, 6) is 0.434. The van der Waals surface area contributed by atoms with Crippen LogP contribution >= 0.6 is 0 Å². The number of nitrogens with two attached hydrogens (primary N) is 1. The van der Waals surface area contributed by atoms with E-state index in [1.54, 1.807) is 18.2 Å². The van der Waals surface area contributed by atoms with Gasteiger partial charge in [0.2, 0.25) is 0 Å². The van der Waals surface area contributed by atoms with Gasteiger partial charge in [0.25, 0.3) is 5.91 Å². The minimum atomic E-state index is -0.0910. The van der Waals surface area contributed by atoms with Gasteiger partial charge in [-0.05, 0) is 37.1 Å². The fourth-order valence-electron chi connectivity index (χ4n) is 1.86. The Bertz CT molecular complexity index is 484. The van der Waals surface area contributed by atoms with E-state index in [1.807, 2.05) is 6.92 Å². The van der Waals surface area contributed by atoms with E-state index in [0.29, 0.717) is 30.2 Å². The highest BCUT2D eigenvalue weighted by atomic mass is 16.5. The predicted molar refractivity (Wildman–Crippen MR) is 87.6 cm³/mol. The van der Waals surface area contributed by atoms with Gasteiger partial charge in [0.15, 0.2) is 0 Å². The molecule has 0 bridgehead atoms. The average molecular weight is 290 g/mol. The second-order valence-electron chi connectivity index (χ2n) is 5.31. The molecule has 21 heavy (non-hydrogen) atoms. The number of amides is 1. The minimum Gasteiger partial charge on any atom is -0.487 e. The molecule has 0 aliphatic carbocycles. The van der Waals surface area contributed by atoms with Gasteiger partial charge in [0.05, 0.1) is 5.69 Å². The van der Waals surface area contributed by atoms with E-state index in [-0.39, 0.29) is 5.91 Å². The molecule has 0 saturated carbocycles. The maximum Gasteiger partial charge on any atom is 0.251 e. The Morgan fingerprint density at radius 3 is 2.76 bits per heavy atom. The van der Waals surface area contributed by atoms with Gasteiger partial charge in [-0.25, -0.2) is 0 Å². The summed E-state index contributed by atoms with van der Waals surface area (Å²) in [5, 5.41) is 2.92. The molecule has 1 aromatic carbocycles. The van der Waals surface area contributed by atoms with E-state index in [2.05, 4.69) is 18.8 Å². The zero-order valence-corrected chi connectivity index (χ0v) is 13.1. The number of unbranched alkanes of at least 4 members (excludes halogenated alkanes) is 3. The summed E-state index contributed by atoms with van der Waals surface area (Å²) in [5.41, 5.74) is 7.84. The number of hydrogen-bond acceptors (Lipinski definition) is 3. The van der Waals surface area contributed by atoms with Crippen LogP contribution in [0.4, 0.5) is 5.69 Å². The molecule has 1 amide bonds. The van der Waals surface area contributed by atoms with Crippen LogP contribution in [0.3, 0.4) is 0 Å². The third-order valence-corrected chi connectivity index (χ3v) is 3.07. The van der Waals surface area contributed by atoms with E-state index in [9.17, 15) is 4.79 Å². The fraction of sp³-hybridized carbons (Fsp3) is 0.471. The van der Waals surface area contributed by atoms with Crippen LogP contribution < -0.4 is 15.8 Å². The monoisotopic (exact) mass is 290 g/mol. The second-order valence-corrected chi connectivity index (χ2v) is 5.31. The second kappa shape index (κ2) is 9.06. The lowest BCUT2D eigenvalue weighted by Gasteiger charge is -2.11. The van der Waals surface area contributed by atoms with Crippen molar-refractivity contribution in [2.24, 2.45) is 0 Å². The van der Waals surface area contributed by atoms with Crippen molar-refractivity contribution in [2.75, 3.05) is 18.9 Å². The van der Waals surface area contributed by atoms with Crippen molar-refractivity contribution in [3.8, 4) is 5.75 Å². The molecule has 0 atom stereocenters. The third-order valence-electron chi connectivity index (χ3n) is 3.07. The molecule has 4 nitrogen and oxygen atoms in total. The van der Waals surface area contributed by atoms with E-state index >= 15 is 0 Å². The van der Waals surface area contributed by atoms with Gasteiger partial charge in [-0.15, -0.1) is 0 Å². The molecule has 0 spiro atoms. The van der Waals surface area contributed by atoms with Gasteiger partial charge in [0, 0.05) is 12.1 Å². The van der Waals surface area contributed by atoms with Crippen LogP contribution in [0.25, 0.3) is 0 Å². The zero-order valence-electron chi connectivity index (χ0n) is 13.1. The lowest BCUT2D eigenvalue weighted by Crippen LogP contribution is -2.24. The number of rotatable bonds is 9. The average Bonchev–Trinajstić information content (AvgIpc) is 2.45. The van der Waals surface area contributed by atoms with Crippen LogP contribution in [-0.2, 0) is 0 Å². The topological polar surface area (TPSA) is 64.3 Å². The van der Waals surface area contributed by atoms with Crippen LogP contribution in [0.1, 0.15) is 49.9 Å². The number of benzene rings is 1. The van der Waals surface area contributed by atoms with Gasteiger partial charge in [-0.3, -0.25) is 4.79 Å². The van der Waals surface area contributed by atoms with Crippen LogP contribution in [0, 0.1) is 0 Å². The number of nitrogen functional groups attached to an aromatic ring is 1. The van der Waals surface area contributed by atoms with Crippen molar-refractivity contribution >= 4 is 11.6 Å². The summed E-state index contributed by atoms with van der Waals surface area (Å²) in [6, 6.07) is 5.09. The van der Waals surface area contributed by atoms with Crippen molar-refractivity contribution in [3.63, 3.8) is 0 Å². The first-order chi connectivity index (χ1) is 10.0. The van der Waals surface area contributed by atoms with Gasteiger partial charge in [0.1, 0.15) is 12.4 Å². The maximum absolute atomic E-state index is 12.1. The highest BCUT2D eigenvalue weighted by molar-refractivity contribution is 5.95. The highest BCUT2D eigenvalue weighted by Crippen LogP contribution is 2.23. The van der Waals surface area contributed by atoms with E-state index < -0.39 is 0 Å². The van der Waals surface area contributed by atoms with Gasteiger partial charge in [-0.1, -0.05) is 32.8 Å². The smallest absolute Gasteiger partial charge is 0.251 e. The normalized spacial score (nSPS) is 10.2. The molecule has 0 aliphatic rings. The summed E-state index contributed by atoms with van der Waals surface area (Å²) >= 11 is 0. The lowest BCUT2D eigenvalue weighted by molar-refractivity contribution is 0.0952. The summed E-state index contributed by atoms with van der Waals surface area (Å²) < 4.78 is 5.54. The van der Waals surface area contributed by atoms with E-state index in [1.165, 1.54) is 12.8 Å². The van der Waals surface area contributed by atoms with Crippen molar-refractivity contribution in [3.05, 3.63) is 35.9 Å². The number of anilines is 1. The molecule has 4 heteroatoms. The number of carbonyl (C=O) groups excluding carboxylic acids is 1. The molecule has 0 radical (unpaired) electrons. The van der Waals surface area contributed by atoms with Crippen LogP contribution in [0.5, 0.6) is 5.75 Å². The van der Waals surface area contributed by atoms with Gasteiger partial charge < -0.3 is 15.8 Å². The summed E-state index contributed by atoms with van der Waals surface area (Å²) in [6.45, 7) is 8.92. The van der Waals surface area contributed by atoms with Crippen molar-refractivity contribution in [2.45, 2.75) is 39.5 Å². The Hall–Kier alpha value is -1.97. The SMILES string of the molecule is C=C(C)COc1cc(C(=O)NCCCCCC)ccc1N. The lowest BCUT2D eigenvalue weighted by atomic mass is 10.1. The molecule has 0 heterocycles. The van der Waals surface area contributed by atoms with Gasteiger partial charge in [-0.2, -0.15) is 0 Å². The minimum absolute atomic E-state index is 0.0910. The Kier molecular flexibility index (Phi) is 7.37. The predicted octanol–water partition coefficient (Wildman–Crippen LogP) is 3.53. The first-order valence-electron chi connectivity index (χ1n) is 7.49. The van der Waals surface area contributed by atoms with Crippen molar-refractivity contribution in [1.82, 2.24) is 5.32 Å². The Morgan fingerprint density at radius 2 is 2.10 bits per heavy atom. The molecular weight excluding hydrogens is 264 g/mol. The third kappa shape index (κ3) is 6.34. The number of carbonyl (C=O) groups is 1. The molecule has 0 aromatic heterocycles. The molecule has 3 N–H and O–H groups in total. The summed E-state index contributed by atoms with van der Waals surface area (Å²) in [6.07, 6.45) is 4.55. The molecule has 116 valence electrons. The Morgan fingerprint density at radius 1 is 1.33 bits per heavy atom. The largest absolute Gasteiger partial charge is 0.487 e. The van der Waals surface area contributed by atoms with Crippen LogP contribution in [-0.4, -0.2) is 19.1 Å². The van der Waals surface area contributed by atoms with Crippen molar-refractivity contribution < 1.29 is 9.53 Å². The van der Waals surface area contributed by atoms with E-state index in [4.69, 9.17) is 10.5 Å². The Labute approximate surface area is 127 Å². The molecule has 0 unspecified atom stereocenters.